The number of carbonyl (C=O) groups excluding carboxylic acids is 1. The van der Waals surface area contributed by atoms with E-state index in [1.54, 1.807) is 0 Å². The first-order chi connectivity index (χ1) is 10.5. The maximum Gasteiger partial charge on any atom is 0.239 e. The standard InChI is InChI=1S/C18H29N3O/c1-13(2)20(4)18(22)14(3)21-11-16(10-19)17(12-21)15-8-6-5-7-9-15/h5-9,13-14,16-17H,10-12,19H2,1-4H3/t14?,16-,17+/m1/s1. The monoisotopic (exact) mass is 303 g/mol. The summed E-state index contributed by atoms with van der Waals surface area (Å²) >= 11 is 0. The molecule has 0 saturated carbocycles. The number of nitrogens with zero attached hydrogens (tertiary/aromatic N) is 2. The Balaban J connectivity index is 2.10. The third-order valence-corrected chi connectivity index (χ3v) is 5.03. The molecule has 0 radical (unpaired) electrons. The summed E-state index contributed by atoms with van der Waals surface area (Å²) < 4.78 is 0. The Labute approximate surface area is 134 Å². The first-order valence-electron chi connectivity index (χ1n) is 8.21. The van der Waals surface area contributed by atoms with E-state index in [0.29, 0.717) is 18.4 Å². The first kappa shape index (κ1) is 17.0. The summed E-state index contributed by atoms with van der Waals surface area (Å²) in [6.07, 6.45) is 0. The van der Waals surface area contributed by atoms with Gasteiger partial charge in [0.05, 0.1) is 6.04 Å². The Bertz CT molecular complexity index is 488. The largest absolute Gasteiger partial charge is 0.342 e. The van der Waals surface area contributed by atoms with Crippen molar-refractivity contribution in [2.75, 3.05) is 26.7 Å². The lowest BCUT2D eigenvalue weighted by molar-refractivity contribution is -0.136. The Morgan fingerprint density at radius 3 is 2.45 bits per heavy atom. The van der Waals surface area contributed by atoms with Gasteiger partial charge in [-0.1, -0.05) is 30.3 Å². The van der Waals surface area contributed by atoms with Crippen LogP contribution in [0.4, 0.5) is 0 Å². The number of hydrogen-bond acceptors (Lipinski definition) is 3. The van der Waals surface area contributed by atoms with Crippen LogP contribution >= 0.6 is 0 Å². The van der Waals surface area contributed by atoms with E-state index in [2.05, 4.69) is 29.2 Å². The molecule has 1 aromatic carbocycles. The molecule has 1 aliphatic rings. The average Bonchev–Trinajstić information content (AvgIpc) is 2.97. The summed E-state index contributed by atoms with van der Waals surface area (Å²) in [5.41, 5.74) is 7.32. The van der Waals surface area contributed by atoms with Crippen LogP contribution in [0.3, 0.4) is 0 Å². The number of carbonyl (C=O) groups is 1. The van der Waals surface area contributed by atoms with Crippen molar-refractivity contribution in [3.05, 3.63) is 35.9 Å². The molecule has 0 spiro atoms. The lowest BCUT2D eigenvalue weighted by Gasteiger charge is -2.30. The van der Waals surface area contributed by atoms with Crippen molar-refractivity contribution in [1.82, 2.24) is 9.80 Å². The number of rotatable bonds is 5. The SMILES string of the molecule is CC(C(=O)N(C)C(C)C)N1C[C@@H](CN)[C@H](c2ccccc2)C1. The summed E-state index contributed by atoms with van der Waals surface area (Å²) in [5.74, 6) is 1.03. The highest BCUT2D eigenvalue weighted by Crippen LogP contribution is 2.33. The van der Waals surface area contributed by atoms with E-state index in [1.165, 1.54) is 5.56 Å². The molecular formula is C18H29N3O. The number of amides is 1. The molecule has 4 nitrogen and oxygen atoms in total. The van der Waals surface area contributed by atoms with Crippen LogP contribution in [0.25, 0.3) is 0 Å². The maximum absolute atomic E-state index is 12.6. The van der Waals surface area contributed by atoms with E-state index < -0.39 is 0 Å². The minimum atomic E-state index is -0.0878. The highest BCUT2D eigenvalue weighted by Gasteiger charge is 2.37. The fourth-order valence-corrected chi connectivity index (χ4v) is 3.24. The van der Waals surface area contributed by atoms with Crippen molar-refractivity contribution >= 4 is 5.91 Å². The number of benzene rings is 1. The van der Waals surface area contributed by atoms with E-state index in [-0.39, 0.29) is 18.0 Å². The van der Waals surface area contributed by atoms with E-state index in [9.17, 15) is 4.79 Å². The van der Waals surface area contributed by atoms with E-state index in [4.69, 9.17) is 5.73 Å². The van der Waals surface area contributed by atoms with Crippen LogP contribution in [0.1, 0.15) is 32.3 Å². The molecule has 1 fully saturated rings. The van der Waals surface area contributed by atoms with Crippen molar-refractivity contribution in [2.24, 2.45) is 11.7 Å². The molecule has 1 heterocycles. The molecule has 0 bridgehead atoms. The van der Waals surface area contributed by atoms with Crippen LogP contribution in [0.2, 0.25) is 0 Å². The fraction of sp³-hybridized carbons (Fsp3) is 0.611. The molecule has 1 amide bonds. The molecule has 0 aromatic heterocycles. The lowest BCUT2D eigenvalue weighted by atomic mass is 9.89. The quantitative estimate of drug-likeness (QED) is 0.904. The molecule has 1 aliphatic heterocycles. The van der Waals surface area contributed by atoms with Gasteiger partial charge in [0, 0.05) is 32.1 Å². The Kier molecular flexibility index (Phi) is 5.59. The normalized spacial score (nSPS) is 23.7. The second-order valence-corrected chi connectivity index (χ2v) is 6.69. The smallest absolute Gasteiger partial charge is 0.239 e. The molecular weight excluding hydrogens is 274 g/mol. The minimum Gasteiger partial charge on any atom is -0.342 e. The van der Waals surface area contributed by atoms with Crippen molar-refractivity contribution in [1.29, 1.82) is 0 Å². The average molecular weight is 303 g/mol. The van der Waals surface area contributed by atoms with Gasteiger partial charge in [0.25, 0.3) is 0 Å². The Morgan fingerprint density at radius 1 is 1.27 bits per heavy atom. The second kappa shape index (κ2) is 7.25. The molecule has 1 saturated heterocycles. The first-order valence-corrected chi connectivity index (χ1v) is 8.21. The zero-order valence-corrected chi connectivity index (χ0v) is 14.2. The third kappa shape index (κ3) is 3.50. The Morgan fingerprint density at radius 2 is 1.91 bits per heavy atom. The van der Waals surface area contributed by atoms with Gasteiger partial charge in [0.1, 0.15) is 0 Å². The zero-order chi connectivity index (χ0) is 16.3. The molecule has 22 heavy (non-hydrogen) atoms. The molecule has 0 aliphatic carbocycles. The predicted molar refractivity (Wildman–Crippen MR) is 90.7 cm³/mol. The lowest BCUT2D eigenvalue weighted by Crippen LogP contribution is -2.47. The maximum atomic E-state index is 12.6. The molecule has 2 rings (SSSR count). The van der Waals surface area contributed by atoms with E-state index >= 15 is 0 Å². The van der Waals surface area contributed by atoms with Gasteiger partial charge in [0.2, 0.25) is 5.91 Å². The number of hydrogen-bond donors (Lipinski definition) is 1. The highest BCUT2D eigenvalue weighted by atomic mass is 16.2. The van der Waals surface area contributed by atoms with Crippen LogP contribution in [0.15, 0.2) is 30.3 Å². The van der Waals surface area contributed by atoms with Crippen LogP contribution in [-0.4, -0.2) is 54.5 Å². The minimum absolute atomic E-state index is 0.0878. The van der Waals surface area contributed by atoms with Gasteiger partial charge in [-0.05, 0) is 38.8 Å². The fourth-order valence-electron chi connectivity index (χ4n) is 3.24. The van der Waals surface area contributed by atoms with Crippen LogP contribution in [0.5, 0.6) is 0 Å². The van der Waals surface area contributed by atoms with Gasteiger partial charge < -0.3 is 10.6 Å². The molecule has 2 N–H and O–H groups in total. The highest BCUT2D eigenvalue weighted by molar-refractivity contribution is 5.81. The van der Waals surface area contributed by atoms with E-state index in [0.717, 1.165) is 13.1 Å². The van der Waals surface area contributed by atoms with Gasteiger partial charge in [-0.2, -0.15) is 0 Å². The molecule has 4 heteroatoms. The van der Waals surface area contributed by atoms with Gasteiger partial charge >= 0.3 is 0 Å². The molecule has 122 valence electrons. The molecule has 1 unspecified atom stereocenters. The van der Waals surface area contributed by atoms with Gasteiger partial charge in [-0.15, -0.1) is 0 Å². The van der Waals surface area contributed by atoms with Gasteiger partial charge in [0.15, 0.2) is 0 Å². The number of likely N-dealkylation sites (N-methyl/N-ethyl adjacent to an activating group) is 1. The summed E-state index contributed by atoms with van der Waals surface area (Å²) in [5, 5.41) is 0. The number of likely N-dealkylation sites (tertiary alicyclic amines) is 1. The van der Waals surface area contributed by atoms with Gasteiger partial charge in [-0.3, -0.25) is 9.69 Å². The number of nitrogens with two attached hydrogens (primary N) is 1. The molecule has 1 aromatic rings. The van der Waals surface area contributed by atoms with Crippen molar-refractivity contribution in [2.45, 2.75) is 38.8 Å². The third-order valence-electron chi connectivity index (χ3n) is 5.03. The Hall–Kier alpha value is -1.39. The van der Waals surface area contributed by atoms with Crippen LogP contribution in [0, 0.1) is 5.92 Å². The molecule has 3 atom stereocenters. The second-order valence-electron chi connectivity index (χ2n) is 6.69. The van der Waals surface area contributed by atoms with Gasteiger partial charge in [-0.25, -0.2) is 0 Å². The van der Waals surface area contributed by atoms with Crippen LogP contribution in [-0.2, 0) is 4.79 Å². The van der Waals surface area contributed by atoms with Crippen molar-refractivity contribution < 1.29 is 4.79 Å². The summed E-state index contributed by atoms with van der Waals surface area (Å²) in [6, 6.07) is 10.7. The van der Waals surface area contributed by atoms with Crippen LogP contribution < -0.4 is 5.73 Å². The summed E-state index contributed by atoms with van der Waals surface area (Å²) in [4.78, 5) is 16.7. The zero-order valence-electron chi connectivity index (χ0n) is 14.2. The summed E-state index contributed by atoms with van der Waals surface area (Å²) in [7, 11) is 1.88. The van der Waals surface area contributed by atoms with Crippen molar-refractivity contribution in [3.63, 3.8) is 0 Å². The topological polar surface area (TPSA) is 49.6 Å². The summed E-state index contributed by atoms with van der Waals surface area (Å²) in [6.45, 7) is 8.58. The predicted octanol–water partition coefficient (Wildman–Crippen LogP) is 1.92. The van der Waals surface area contributed by atoms with E-state index in [1.807, 2.05) is 38.8 Å². The van der Waals surface area contributed by atoms with Crippen molar-refractivity contribution in [3.8, 4) is 0 Å².